The Hall–Kier alpha value is -1.54. The molecule has 1 aliphatic heterocycles. The molecule has 78 valence electrons. The molecular formula is C13H14O2. The molecule has 0 N–H and O–H groups in total. The first-order chi connectivity index (χ1) is 7.35. The molecule has 0 saturated carbocycles. The fourth-order valence-corrected chi connectivity index (χ4v) is 1.70. The lowest BCUT2D eigenvalue weighted by Crippen LogP contribution is -1.99. The van der Waals surface area contributed by atoms with Crippen molar-refractivity contribution in [3.8, 4) is 5.75 Å². The van der Waals surface area contributed by atoms with Crippen molar-refractivity contribution in [3.63, 3.8) is 0 Å². The van der Waals surface area contributed by atoms with Gasteiger partial charge in [0.05, 0.1) is 13.7 Å². The van der Waals surface area contributed by atoms with Crippen LogP contribution < -0.4 is 4.74 Å². The molecule has 1 atom stereocenters. The van der Waals surface area contributed by atoms with E-state index in [1.807, 2.05) is 30.3 Å². The second-order valence-electron chi connectivity index (χ2n) is 3.39. The van der Waals surface area contributed by atoms with Gasteiger partial charge in [0.15, 0.2) is 0 Å². The fraction of sp³-hybridized carbons (Fsp3) is 0.231. The minimum Gasteiger partial charge on any atom is -0.497 e. The molecule has 1 aliphatic rings. The van der Waals surface area contributed by atoms with Crippen LogP contribution in [0.3, 0.4) is 0 Å². The smallest absolute Gasteiger partial charge is 0.118 e. The lowest BCUT2D eigenvalue weighted by atomic mass is 10.0. The molecule has 0 aliphatic carbocycles. The molecule has 2 nitrogen and oxygen atoms in total. The maximum absolute atomic E-state index is 5.61. The van der Waals surface area contributed by atoms with Gasteiger partial charge in [-0.2, -0.15) is 0 Å². The summed E-state index contributed by atoms with van der Waals surface area (Å²) >= 11 is 0. The zero-order chi connectivity index (χ0) is 10.7. The highest BCUT2D eigenvalue weighted by Crippen LogP contribution is 2.31. The summed E-state index contributed by atoms with van der Waals surface area (Å²) < 4.78 is 10.7. The van der Waals surface area contributed by atoms with Crippen LogP contribution in [0.4, 0.5) is 0 Å². The average Bonchev–Trinajstić information content (AvgIpc) is 2.77. The molecule has 1 aromatic rings. The zero-order valence-electron chi connectivity index (χ0n) is 8.77. The molecule has 1 unspecified atom stereocenters. The van der Waals surface area contributed by atoms with Gasteiger partial charge in [-0.1, -0.05) is 30.9 Å². The van der Waals surface area contributed by atoms with Gasteiger partial charge in [-0.3, -0.25) is 0 Å². The van der Waals surface area contributed by atoms with Crippen molar-refractivity contribution in [3.05, 3.63) is 54.1 Å². The highest BCUT2D eigenvalue weighted by atomic mass is 16.5. The van der Waals surface area contributed by atoms with Crippen LogP contribution in [0.25, 0.3) is 0 Å². The molecule has 0 saturated heterocycles. The maximum atomic E-state index is 5.61. The third kappa shape index (κ3) is 1.95. The first kappa shape index (κ1) is 9.99. The number of ether oxygens (including phenoxy) is 2. The van der Waals surface area contributed by atoms with Crippen molar-refractivity contribution < 1.29 is 9.47 Å². The molecule has 2 rings (SSSR count). The van der Waals surface area contributed by atoms with Gasteiger partial charge in [0.25, 0.3) is 0 Å². The Balaban J connectivity index is 2.22. The van der Waals surface area contributed by atoms with Crippen LogP contribution in [0.5, 0.6) is 5.75 Å². The van der Waals surface area contributed by atoms with Gasteiger partial charge >= 0.3 is 0 Å². The SMILES string of the molecule is C=CC1=CCOC1c1ccc(OC)cc1. The summed E-state index contributed by atoms with van der Waals surface area (Å²) in [5.41, 5.74) is 2.28. The predicted molar refractivity (Wildman–Crippen MR) is 60.0 cm³/mol. The van der Waals surface area contributed by atoms with Crippen LogP contribution in [0.2, 0.25) is 0 Å². The number of benzene rings is 1. The topological polar surface area (TPSA) is 18.5 Å². The second-order valence-corrected chi connectivity index (χ2v) is 3.39. The molecule has 2 heteroatoms. The van der Waals surface area contributed by atoms with E-state index in [4.69, 9.17) is 9.47 Å². The highest BCUT2D eigenvalue weighted by molar-refractivity contribution is 5.37. The first-order valence-corrected chi connectivity index (χ1v) is 4.93. The molecule has 0 radical (unpaired) electrons. The van der Waals surface area contributed by atoms with Crippen molar-refractivity contribution in [2.75, 3.05) is 13.7 Å². The predicted octanol–water partition coefficient (Wildman–Crippen LogP) is 2.88. The number of hydrogen-bond acceptors (Lipinski definition) is 2. The first-order valence-electron chi connectivity index (χ1n) is 4.93. The Kier molecular flexibility index (Phi) is 2.88. The minimum atomic E-state index is 0.0356. The summed E-state index contributed by atoms with van der Waals surface area (Å²) in [4.78, 5) is 0. The summed E-state index contributed by atoms with van der Waals surface area (Å²) in [6.45, 7) is 4.44. The quantitative estimate of drug-likeness (QED) is 0.750. The van der Waals surface area contributed by atoms with E-state index in [1.54, 1.807) is 7.11 Å². The van der Waals surface area contributed by atoms with Gasteiger partial charge in [-0.15, -0.1) is 0 Å². The summed E-state index contributed by atoms with van der Waals surface area (Å²) in [5.74, 6) is 0.862. The van der Waals surface area contributed by atoms with Crippen molar-refractivity contribution >= 4 is 0 Å². The Morgan fingerprint density at radius 1 is 1.40 bits per heavy atom. The van der Waals surface area contributed by atoms with Crippen LogP contribution >= 0.6 is 0 Å². The third-order valence-corrected chi connectivity index (χ3v) is 2.54. The molecule has 1 aromatic carbocycles. The summed E-state index contributed by atoms with van der Waals surface area (Å²) in [6, 6.07) is 7.92. The van der Waals surface area contributed by atoms with Crippen molar-refractivity contribution in [1.82, 2.24) is 0 Å². The largest absolute Gasteiger partial charge is 0.497 e. The van der Waals surface area contributed by atoms with Crippen LogP contribution in [-0.2, 0) is 4.74 Å². The molecule has 15 heavy (non-hydrogen) atoms. The fourth-order valence-electron chi connectivity index (χ4n) is 1.70. The van der Waals surface area contributed by atoms with E-state index in [2.05, 4.69) is 12.7 Å². The van der Waals surface area contributed by atoms with Gasteiger partial charge in [0.2, 0.25) is 0 Å². The van der Waals surface area contributed by atoms with Crippen molar-refractivity contribution in [1.29, 1.82) is 0 Å². The summed E-state index contributed by atoms with van der Waals surface area (Å²) in [7, 11) is 1.66. The number of hydrogen-bond donors (Lipinski definition) is 0. The van der Waals surface area contributed by atoms with Crippen LogP contribution in [0.1, 0.15) is 11.7 Å². The van der Waals surface area contributed by atoms with Crippen molar-refractivity contribution in [2.45, 2.75) is 6.10 Å². The van der Waals surface area contributed by atoms with E-state index >= 15 is 0 Å². The van der Waals surface area contributed by atoms with Gasteiger partial charge in [-0.25, -0.2) is 0 Å². The Bertz CT molecular complexity index is 376. The van der Waals surface area contributed by atoms with Crippen LogP contribution in [0.15, 0.2) is 48.6 Å². The molecule has 1 heterocycles. The third-order valence-electron chi connectivity index (χ3n) is 2.54. The minimum absolute atomic E-state index is 0.0356. The van der Waals surface area contributed by atoms with E-state index in [9.17, 15) is 0 Å². The van der Waals surface area contributed by atoms with E-state index in [1.165, 1.54) is 0 Å². The molecule has 0 aromatic heterocycles. The Morgan fingerprint density at radius 3 is 2.73 bits per heavy atom. The van der Waals surface area contributed by atoms with Crippen LogP contribution in [-0.4, -0.2) is 13.7 Å². The van der Waals surface area contributed by atoms with Gasteiger partial charge < -0.3 is 9.47 Å². The van der Waals surface area contributed by atoms with E-state index in [0.29, 0.717) is 6.61 Å². The molecular weight excluding hydrogens is 188 g/mol. The van der Waals surface area contributed by atoms with Gasteiger partial charge in [0, 0.05) is 0 Å². The average molecular weight is 202 g/mol. The molecule has 0 spiro atoms. The molecule has 0 amide bonds. The van der Waals surface area contributed by atoms with E-state index < -0.39 is 0 Å². The van der Waals surface area contributed by atoms with Gasteiger partial charge in [0.1, 0.15) is 11.9 Å². The monoisotopic (exact) mass is 202 g/mol. The summed E-state index contributed by atoms with van der Waals surface area (Å²) in [5, 5.41) is 0. The summed E-state index contributed by atoms with van der Waals surface area (Å²) in [6.07, 6.45) is 3.94. The normalized spacial score (nSPS) is 19.8. The Labute approximate surface area is 89.8 Å². The number of rotatable bonds is 3. The second kappa shape index (κ2) is 4.32. The van der Waals surface area contributed by atoms with E-state index in [0.717, 1.165) is 16.9 Å². The number of methoxy groups -OCH3 is 1. The van der Waals surface area contributed by atoms with Crippen molar-refractivity contribution in [2.24, 2.45) is 0 Å². The maximum Gasteiger partial charge on any atom is 0.118 e. The lowest BCUT2D eigenvalue weighted by molar-refractivity contribution is 0.125. The zero-order valence-corrected chi connectivity index (χ0v) is 8.77. The highest BCUT2D eigenvalue weighted by Gasteiger charge is 2.19. The molecule has 0 bridgehead atoms. The lowest BCUT2D eigenvalue weighted by Gasteiger charge is -2.13. The molecule has 0 fully saturated rings. The van der Waals surface area contributed by atoms with Crippen LogP contribution in [0, 0.1) is 0 Å². The van der Waals surface area contributed by atoms with E-state index in [-0.39, 0.29) is 6.10 Å². The Morgan fingerprint density at radius 2 is 2.13 bits per heavy atom. The standard InChI is InChI=1S/C13H14O2/c1-3-10-8-9-15-13(10)11-4-6-12(14-2)7-5-11/h3-8,13H,1,9H2,2H3. The van der Waals surface area contributed by atoms with Gasteiger partial charge in [-0.05, 0) is 23.3 Å².